The smallest absolute Gasteiger partial charge is 0.295 e. The molecule has 0 heterocycles. The molecule has 66 valence electrons. The molecule has 0 aromatic carbocycles. The van der Waals surface area contributed by atoms with Gasteiger partial charge in [-0.05, 0) is 19.3 Å². The van der Waals surface area contributed by atoms with Crippen LogP contribution in [0.2, 0.25) is 0 Å². The molecule has 0 aromatic heterocycles. The minimum Gasteiger partial charge on any atom is -0.307 e. The van der Waals surface area contributed by atoms with E-state index in [-0.39, 0.29) is 0 Å². The lowest BCUT2D eigenvalue weighted by molar-refractivity contribution is -0.782. The van der Waals surface area contributed by atoms with Crippen LogP contribution in [0.5, 0.6) is 0 Å². The SMILES string of the molecule is CCC(CC)(CC)O[N+](=O)[O-]. The molecule has 0 aromatic rings. The third-order valence-corrected chi connectivity index (χ3v) is 2.20. The molecule has 0 aliphatic rings. The normalized spacial score (nSPS) is 11.2. The Hall–Kier alpha value is -0.800. The molecule has 4 heteroatoms. The minimum absolute atomic E-state index is 0.552. The van der Waals surface area contributed by atoms with Crippen LogP contribution in [0.1, 0.15) is 40.0 Å². The fraction of sp³-hybridized carbons (Fsp3) is 1.00. The van der Waals surface area contributed by atoms with Crippen molar-refractivity contribution in [3.63, 3.8) is 0 Å². The summed E-state index contributed by atoms with van der Waals surface area (Å²) in [4.78, 5) is 14.7. The van der Waals surface area contributed by atoms with Crippen LogP contribution in [0.3, 0.4) is 0 Å². The largest absolute Gasteiger partial charge is 0.307 e. The summed E-state index contributed by atoms with van der Waals surface area (Å²) in [6.07, 6.45) is 2.04. The molecular weight excluding hydrogens is 146 g/mol. The van der Waals surface area contributed by atoms with Gasteiger partial charge >= 0.3 is 0 Å². The molecular formula is C7H15NO3. The van der Waals surface area contributed by atoms with Gasteiger partial charge in [0.05, 0.1) is 0 Å². The molecule has 0 unspecified atom stereocenters. The minimum atomic E-state index is -0.698. The van der Waals surface area contributed by atoms with Crippen LogP contribution in [0.15, 0.2) is 0 Å². The summed E-state index contributed by atoms with van der Waals surface area (Å²) in [5.74, 6) is 0. The van der Waals surface area contributed by atoms with Gasteiger partial charge in [-0.15, -0.1) is 10.1 Å². The van der Waals surface area contributed by atoms with Gasteiger partial charge in [0.15, 0.2) is 0 Å². The Balaban J connectivity index is 4.16. The van der Waals surface area contributed by atoms with Crippen LogP contribution in [-0.4, -0.2) is 10.7 Å². The molecule has 0 saturated heterocycles. The summed E-state index contributed by atoms with van der Waals surface area (Å²) in [6, 6.07) is 0. The zero-order valence-electron chi connectivity index (χ0n) is 7.29. The van der Waals surface area contributed by atoms with Crippen molar-refractivity contribution in [2.75, 3.05) is 0 Å². The Morgan fingerprint density at radius 1 is 1.27 bits per heavy atom. The summed E-state index contributed by atoms with van der Waals surface area (Å²) in [5, 5.41) is 9.38. The van der Waals surface area contributed by atoms with E-state index in [2.05, 4.69) is 4.84 Å². The van der Waals surface area contributed by atoms with Gasteiger partial charge in [-0.25, -0.2) is 0 Å². The van der Waals surface area contributed by atoms with Crippen molar-refractivity contribution in [3.8, 4) is 0 Å². The lowest BCUT2D eigenvalue weighted by Crippen LogP contribution is -2.32. The van der Waals surface area contributed by atoms with Crippen molar-refractivity contribution >= 4 is 0 Å². The number of rotatable bonds is 5. The second kappa shape index (κ2) is 4.16. The van der Waals surface area contributed by atoms with Crippen LogP contribution < -0.4 is 0 Å². The van der Waals surface area contributed by atoms with E-state index in [4.69, 9.17) is 0 Å². The number of hydrogen-bond donors (Lipinski definition) is 0. The van der Waals surface area contributed by atoms with E-state index in [0.29, 0.717) is 19.3 Å². The molecule has 0 radical (unpaired) electrons. The number of nitrogens with zero attached hydrogens (tertiary/aromatic N) is 1. The maximum atomic E-state index is 10.1. The Bertz CT molecular complexity index is 123. The molecule has 0 atom stereocenters. The van der Waals surface area contributed by atoms with Crippen molar-refractivity contribution in [2.24, 2.45) is 0 Å². The standard InChI is InChI=1S/C7H15NO3/c1-4-7(5-2,6-3)11-8(9)10/h4-6H2,1-3H3. The van der Waals surface area contributed by atoms with E-state index in [1.54, 1.807) is 0 Å². The molecule has 0 rings (SSSR count). The van der Waals surface area contributed by atoms with Gasteiger partial charge in [-0.2, -0.15) is 0 Å². The van der Waals surface area contributed by atoms with Gasteiger partial charge < -0.3 is 4.84 Å². The van der Waals surface area contributed by atoms with E-state index >= 15 is 0 Å². The Morgan fingerprint density at radius 2 is 1.64 bits per heavy atom. The van der Waals surface area contributed by atoms with E-state index in [1.807, 2.05) is 20.8 Å². The fourth-order valence-electron chi connectivity index (χ4n) is 1.10. The first kappa shape index (κ1) is 10.2. The van der Waals surface area contributed by atoms with Crippen molar-refractivity contribution < 1.29 is 9.92 Å². The summed E-state index contributed by atoms with van der Waals surface area (Å²) in [6.45, 7) is 5.70. The van der Waals surface area contributed by atoms with E-state index < -0.39 is 10.7 Å². The first-order valence-electron chi connectivity index (χ1n) is 3.93. The summed E-state index contributed by atoms with van der Waals surface area (Å²) in [5.41, 5.74) is -0.552. The molecule has 0 bridgehead atoms. The molecule has 0 fully saturated rings. The van der Waals surface area contributed by atoms with E-state index in [1.165, 1.54) is 0 Å². The van der Waals surface area contributed by atoms with E-state index in [9.17, 15) is 10.1 Å². The van der Waals surface area contributed by atoms with Gasteiger partial charge in [0.2, 0.25) is 0 Å². The van der Waals surface area contributed by atoms with Gasteiger partial charge in [-0.1, -0.05) is 20.8 Å². The van der Waals surface area contributed by atoms with Crippen molar-refractivity contribution in [2.45, 2.75) is 45.6 Å². The van der Waals surface area contributed by atoms with Crippen molar-refractivity contribution in [3.05, 3.63) is 10.1 Å². The summed E-state index contributed by atoms with van der Waals surface area (Å²) in [7, 11) is 0. The van der Waals surface area contributed by atoms with Crippen LogP contribution >= 0.6 is 0 Å². The molecule has 0 saturated carbocycles. The van der Waals surface area contributed by atoms with Crippen LogP contribution in [0, 0.1) is 10.1 Å². The Morgan fingerprint density at radius 3 is 1.73 bits per heavy atom. The predicted molar refractivity (Wildman–Crippen MR) is 41.7 cm³/mol. The first-order chi connectivity index (χ1) is 5.10. The monoisotopic (exact) mass is 161 g/mol. The third kappa shape index (κ3) is 2.74. The van der Waals surface area contributed by atoms with Gasteiger partial charge in [-0.3, -0.25) is 0 Å². The van der Waals surface area contributed by atoms with Gasteiger partial charge in [0, 0.05) is 0 Å². The highest BCUT2D eigenvalue weighted by Gasteiger charge is 2.27. The molecule has 11 heavy (non-hydrogen) atoms. The average molecular weight is 161 g/mol. The molecule has 0 aliphatic heterocycles. The second-order valence-electron chi connectivity index (χ2n) is 2.56. The molecule has 4 nitrogen and oxygen atoms in total. The fourth-order valence-corrected chi connectivity index (χ4v) is 1.10. The predicted octanol–water partition coefficient (Wildman–Crippen LogP) is 2.16. The lowest BCUT2D eigenvalue weighted by Gasteiger charge is -2.26. The topological polar surface area (TPSA) is 52.4 Å². The Kier molecular flexibility index (Phi) is 3.85. The van der Waals surface area contributed by atoms with Crippen molar-refractivity contribution in [1.29, 1.82) is 0 Å². The maximum absolute atomic E-state index is 10.1. The maximum Gasteiger partial charge on any atom is 0.295 e. The van der Waals surface area contributed by atoms with Crippen LogP contribution in [0.25, 0.3) is 0 Å². The molecule has 0 aliphatic carbocycles. The van der Waals surface area contributed by atoms with Crippen molar-refractivity contribution in [1.82, 2.24) is 0 Å². The highest BCUT2D eigenvalue weighted by atomic mass is 17.0. The second-order valence-corrected chi connectivity index (χ2v) is 2.56. The molecule has 0 amide bonds. The van der Waals surface area contributed by atoms with Crippen LogP contribution in [0.4, 0.5) is 0 Å². The zero-order chi connectivity index (χ0) is 8.91. The lowest BCUT2D eigenvalue weighted by atomic mass is 9.94. The summed E-state index contributed by atoms with van der Waals surface area (Å²) >= 11 is 0. The Labute approximate surface area is 66.6 Å². The van der Waals surface area contributed by atoms with E-state index in [0.717, 1.165) is 0 Å². The third-order valence-electron chi connectivity index (χ3n) is 2.20. The van der Waals surface area contributed by atoms with Gasteiger partial charge in [0.1, 0.15) is 5.60 Å². The number of hydrogen-bond acceptors (Lipinski definition) is 3. The first-order valence-corrected chi connectivity index (χ1v) is 3.93. The zero-order valence-corrected chi connectivity index (χ0v) is 7.29. The quantitative estimate of drug-likeness (QED) is 0.458. The molecule has 0 N–H and O–H groups in total. The molecule has 0 spiro atoms. The summed E-state index contributed by atoms with van der Waals surface area (Å²) < 4.78 is 0. The van der Waals surface area contributed by atoms with Crippen LogP contribution in [-0.2, 0) is 4.84 Å². The highest BCUT2D eigenvalue weighted by molar-refractivity contribution is 4.73. The van der Waals surface area contributed by atoms with Gasteiger partial charge in [0.25, 0.3) is 5.09 Å². The average Bonchev–Trinajstić information content (AvgIpc) is 2.00. The highest BCUT2D eigenvalue weighted by Crippen LogP contribution is 2.23.